The van der Waals surface area contributed by atoms with Gasteiger partial charge in [0.1, 0.15) is 0 Å². The van der Waals surface area contributed by atoms with Crippen LogP contribution in [0.2, 0.25) is 0 Å². The van der Waals surface area contributed by atoms with Gasteiger partial charge in [0, 0.05) is 22.7 Å². The van der Waals surface area contributed by atoms with Gasteiger partial charge in [-0.05, 0) is 50.1 Å². The van der Waals surface area contributed by atoms with E-state index in [0.29, 0.717) is 5.56 Å². The van der Waals surface area contributed by atoms with Gasteiger partial charge in [-0.15, -0.1) is 0 Å². The van der Waals surface area contributed by atoms with E-state index in [1.54, 1.807) is 30.1 Å². The lowest BCUT2D eigenvalue weighted by atomic mass is 10.1. The molecular weight excluding hydrogens is 368 g/mol. The van der Waals surface area contributed by atoms with Crippen LogP contribution in [0.15, 0.2) is 64.9 Å². The van der Waals surface area contributed by atoms with Crippen molar-refractivity contribution in [2.45, 2.75) is 31.7 Å². The summed E-state index contributed by atoms with van der Waals surface area (Å²) >= 11 is 1.58. The van der Waals surface area contributed by atoms with Gasteiger partial charge in [0.05, 0.1) is 6.21 Å². The average molecular weight is 391 g/mol. The van der Waals surface area contributed by atoms with Crippen molar-refractivity contribution in [1.29, 1.82) is 0 Å². The van der Waals surface area contributed by atoms with Gasteiger partial charge in [-0.2, -0.15) is 5.10 Å². The number of nitrogens with zero attached hydrogens (tertiary/aromatic N) is 3. The van der Waals surface area contributed by atoms with E-state index in [9.17, 15) is 4.79 Å². The van der Waals surface area contributed by atoms with E-state index < -0.39 is 0 Å². The molecule has 28 heavy (non-hydrogen) atoms. The normalized spacial score (nSPS) is 11.0. The fraction of sp³-hybridized carbons (Fsp3) is 0.182. The lowest BCUT2D eigenvalue weighted by molar-refractivity contribution is 0.0955. The predicted molar refractivity (Wildman–Crippen MR) is 114 cm³/mol. The molecule has 1 heterocycles. The summed E-state index contributed by atoms with van der Waals surface area (Å²) in [5.74, 6) is 0.511. The summed E-state index contributed by atoms with van der Waals surface area (Å²) < 4.78 is 0. The van der Waals surface area contributed by atoms with E-state index in [1.807, 2.05) is 63.2 Å². The van der Waals surface area contributed by atoms with Gasteiger partial charge in [-0.3, -0.25) is 4.79 Å². The van der Waals surface area contributed by atoms with Crippen molar-refractivity contribution >= 4 is 23.9 Å². The summed E-state index contributed by atoms with van der Waals surface area (Å²) in [6.07, 6.45) is 1.64. The minimum Gasteiger partial charge on any atom is -0.267 e. The quantitative estimate of drug-likeness (QED) is 0.292. The summed E-state index contributed by atoms with van der Waals surface area (Å²) in [6.45, 7) is 5.95. The molecule has 142 valence electrons. The van der Waals surface area contributed by atoms with Crippen molar-refractivity contribution in [3.63, 3.8) is 0 Å². The molecule has 0 radical (unpaired) electrons. The molecule has 0 aliphatic rings. The fourth-order valence-corrected chi connectivity index (χ4v) is 3.54. The number of amides is 1. The number of carbonyl (C=O) groups excluding carboxylic acids is 1. The number of hydrazone groups is 1. The number of rotatable bonds is 6. The Bertz CT molecular complexity index is 979. The second kappa shape index (κ2) is 9.28. The summed E-state index contributed by atoms with van der Waals surface area (Å²) in [5, 5.41) is 4.80. The summed E-state index contributed by atoms with van der Waals surface area (Å²) in [5.41, 5.74) is 8.26. The molecule has 1 N–H and O–H groups in total. The first-order chi connectivity index (χ1) is 13.5. The van der Waals surface area contributed by atoms with Crippen LogP contribution in [0.3, 0.4) is 0 Å². The molecular formula is C22H22N4OS. The highest BCUT2D eigenvalue weighted by atomic mass is 32.2. The minimum absolute atomic E-state index is 0.235. The van der Waals surface area contributed by atoms with E-state index in [1.165, 1.54) is 0 Å². The van der Waals surface area contributed by atoms with Crippen LogP contribution in [0, 0.1) is 20.8 Å². The molecule has 2 aromatic carbocycles. The molecule has 0 fully saturated rings. The topological polar surface area (TPSA) is 67.2 Å². The molecule has 0 aliphatic carbocycles. The minimum atomic E-state index is -0.235. The maximum Gasteiger partial charge on any atom is 0.271 e. The van der Waals surface area contributed by atoms with Gasteiger partial charge in [0.2, 0.25) is 0 Å². The summed E-state index contributed by atoms with van der Waals surface area (Å²) in [7, 11) is 0. The third-order valence-corrected chi connectivity index (χ3v) is 4.89. The Labute approximate surface area is 169 Å². The van der Waals surface area contributed by atoms with Crippen LogP contribution < -0.4 is 5.43 Å². The Hall–Kier alpha value is -2.99. The van der Waals surface area contributed by atoms with Crippen LogP contribution in [-0.2, 0) is 5.75 Å². The SMILES string of the molecule is Cc1cccc(/C=N/NC(=O)c2ccc(CSc3nc(C)cc(C)n3)cc2)c1. The summed E-state index contributed by atoms with van der Waals surface area (Å²) in [4.78, 5) is 21.1. The number of carbonyl (C=O) groups is 1. The Kier molecular flexibility index (Phi) is 6.55. The Morgan fingerprint density at radius 2 is 1.75 bits per heavy atom. The Balaban J connectivity index is 1.55. The van der Waals surface area contributed by atoms with Crippen LogP contribution in [0.4, 0.5) is 0 Å². The van der Waals surface area contributed by atoms with E-state index in [0.717, 1.165) is 39.0 Å². The molecule has 5 nitrogen and oxygen atoms in total. The van der Waals surface area contributed by atoms with E-state index in [2.05, 4.69) is 20.5 Å². The fourth-order valence-electron chi connectivity index (χ4n) is 2.64. The first-order valence-electron chi connectivity index (χ1n) is 8.94. The van der Waals surface area contributed by atoms with Gasteiger partial charge < -0.3 is 0 Å². The first kappa shape index (κ1) is 19.8. The van der Waals surface area contributed by atoms with Crippen molar-refractivity contribution in [2.24, 2.45) is 5.10 Å². The average Bonchev–Trinajstić information content (AvgIpc) is 2.66. The number of aromatic nitrogens is 2. The van der Waals surface area contributed by atoms with Crippen molar-refractivity contribution in [2.75, 3.05) is 0 Å². The molecule has 0 spiro atoms. The van der Waals surface area contributed by atoms with Crippen LogP contribution in [0.5, 0.6) is 0 Å². The maximum atomic E-state index is 12.2. The molecule has 0 saturated carbocycles. The molecule has 3 rings (SSSR count). The number of hydrogen-bond acceptors (Lipinski definition) is 5. The molecule has 0 atom stereocenters. The molecule has 0 saturated heterocycles. The van der Waals surface area contributed by atoms with Crippen molar-refractivity contribution in [3.8, 4) is 0 Å². The second-order valence-corrected chi connectivity index (χ2v) is 7.47. The number of hydrogen-bond donors (Lipinski definition) is 1. The van der Waals surface area contributed by atoms with Crippen LogP contribution in [0.25, 0.3) is 0 Å². The number of nitrogens with one attached hydrogen (secondary N) is 1. The van der Waals surface area contributed by atoms with Gasteiger partial charge in [0.25, 0.3) is 5.91 Å². The molecule has 0 bridgehead atoms. The maximum absolute atomic E-state index is 12.2. The van der Waals surface area contributed by atoms with Crippen LogP contribution >= 0.6 is 11.8 Å². The third kappa shape index (κ3) is 5.76. The standard InChI is InChI=1S/C22H22N4OS/c1-15-5-4-6-19(11-15)13-23-26-21(27)20-9-7-18(8-10-20)14-28-22-24-16(2)12-17(3)25-22/h4-13H,14H2,1-3H3,(H,26,27)/b23-13+. The zero-order valence-electron chi connectivity index (χ0n) is 16.1. The molecule has 0 unspecified atom stereocenters. The van der Waals surface area contributed by atoms with Crippen LogP contribution in [-0.4, -0.2) is 22.1 Å². The Morgan fingerprint density at radius 3 is 2.43 bits per heavy atom. The molecule has 0 aliphatic heterocycles. The Morgan fingerprint density at radius 1 is 1.04 bits per heavy atom. The molecule has 3 aromatic rings. The smallest absolute Gasteiger partial charge is 0.267 e. The highest BCUT2D eigenvalue weighted by molar-refractivity contribution is 7.98. The van der Waals surface area contributed by atoms with E-state index in [-0.39, 0.29) is 5.91 Å². The van der Waals surface area contributed by atoms with Crippen molar-refractivity contribution in [1.82, 2.24) is 15.4 Å². The lowest BCUT2D eigenvalue weighted by Crippen LogP contribution is -2.17. The second-order valence-electron chi connectivity index (χ2n) is 6.53. The van der Waals surface area contributed by atoms with Gasteiger partial charge >= 0.3 is 0 Å². The van der Waals surface area contributed by atoms with Gasteiger partial charge in [0.15, 0.2) is 5.16 Å². The van der Waals surface area contributed by atoms with Gasteiger partial charge in [-0.1, -0.05) is 53.7 Å². The number of benzene rings is 2. The zero-order valence-corrected chi connectivity index (χ0v) is 17.0. The van der Waals surface area contributed by atoms with Crippen molar-refractivity contribution in [3.05, 3.63) is 88.2 Å². The number of aryl methyl sites for hydroxylation is 3. The lowest BCUT2D eigenvalue weighted by Gasteiger charge is -2.05. The molecule has 1 aromatic heterocycles. The molecule has 1 amide bonds. The van der Waals surface area contributed by atoms with Crippen molar-refractivity contribution < 1.29 is 4.79 Å². The van der Waals surface area contributed by atoms with E-state index in [4.69, 9.17) is 0 Å². The predicted octanol–water partition coefficient (Wildman–Crippen LogP) is 4.46. The largest absolute Gasteiger partial charge is 0.271 e. The zero-order chi connectivity index (χ0) is 19.9. The summed E-state index contributed by atoms with van der Waals surface area (Å²) in [6, 6.07) is 17.4. The highest BCUT2D eigenvalue weighted by Crippen LogP contribution is 2.20. The van der Waals surface area contributed by atoms with Gasteiger partial charge in [-0.25, -0.2) is 15.4 Å². The third-order valence-electron chi connectivity index (χ3n) is 3.97. The molecule has 6 heteroatoms. The first-order valence-corrected chi connectivity index (χ1v) is 9.92. The van der Waals surface area contributed by atoms with Crippen LogP contribution in [0.1, 0.15) is 38.4 Å². The number of thioether (sulfide) groups is 1. The monoisotopic (exact) mass is 390 g/mol. The van der Waals surface area contributed by atoms with E-state index >= 15 is 0 Å². The highest BCUT2D eigenvalue weighted by Gasteiger charge is 2.06.